The smallest absolute Gasteiger partial charge is 0.269 e. The summed E-state index contributed by atoms with van der Waals surface area (Å²) in [6.45, 7) is 0. The van der Waals surface area contributed by atoms with E-state index in [0.717, 1.165) is 12.0 Å². The molecule has 2 heterocycles. The van der Waals surface area contributed by atoms with Gasteiger partial charge < -0.3 is 5.32 Å². The third-order valence-corrected chi connectivity index (χ3v) is 5.64. The molecular weight excluding hydrogens is 304 g/mol. The quantitative estimate of drug-likeness (QED) is 0.561. The van der Waals surface area contributed by atoms with Crippen molar-refractivity contribution in [1.82, 2.24) is 5.32 Å². The van der Waals surface area contributed by atoms with E-state index in [1.807, 2.05) is 19.2 Å². The van der Waals surface area contributed by atoms with Crippen molar-refractivity contribution in [1.29, 1.82) is 0 Å². The summed E-state index contributed by atoms with van der Waals surface area (Å²) in [5.41, 5.74) is 1.23. The van der Waals surface area contributed by atoms with Gasteiger partial charge in [0.25, 0.3) is 5.69 Å². The normalized spacial score (nSPS) is 12.6. The first-order valence-corrected chi connectivity index (χ1v) is 8.24. The van der Waals surface area contributed by atoms with Crippen LogP contribution in [-0.4, -0.2) is 12.0 Å². The number of nitro groups is 1. The minimum atomic E-state index is -0.368. The molecule has 1 unspecified atom stereocenters. The zero-order valence-electron chi connectivity index (χ0n) is 11.4. The fourth-order valence-corrected chi connectivity index (χ4v) is 4.52. The summed E-state index contributed by atoms with van der Waals surface area (Å²) < 4.78 is 2.64. The number of non-ortho nitro benzene ring substituents is 1. The molecule has 0 fully saturated rings. The number of benzene rings is 1. The zero-order valence-corrected chi connectivity index (χ0v) is 13.0. The number of nitrogens with one attached hydrogen (secondary N) is 1. The van der Waals surface area contributed by atoms with Gasteiger partial charge >= 0.3 is 0 Å². The van der Waals surface area contributed by atoms with E-state index >= 15 is 0 Å². The molecule has 0 spiro atoms. The van der Waals surface area contributed by atoms with Crippen LogP contribution in [0.15, 0.2) is 41.8 Å². The largest absolute Gasteiger partial charge is 0.312 e. The van der Waals surface area contributed by atoms with Crippen LogP contribution in [-0.2, 0) is 6.42 Å². The van der Waals surface area contributed by atoms with Crippen LogP contribution in [0.3, 0.4) is 0 Å². The van der Waals surface area contributed by atoms with E-state index < -0.39 is 0 Å². The molecule has 3 rings (SSSR count). The van der Waals surface area contributed by atoms with E-state index in [0.29, 0.717) is 0 Å². The van der Waals surface area contributed by atoms with Crippen molar-refractivity contribution in [2.45, 2.75) is 12.5 Å². The number of nitro benzene ring substituents is 1. The maximum atomic E-state index is 10.7. The van der Waals surface area contributed by atoms with E-state index in [1.54, 1.807) is 34.8 Å². The fraction of sp³-hybridized carbons (Fsp3) is 0.200. The van der Waals surface area contributed by atoms with Crippen LogP contribution in [0.25, 0.3) is 9.40 Å². The average Bonchev–Trinajstić information content (AvgIpc) is 3.06. The third-order valence-electron chi connectivity index (χ3n) is 3.44. The first-order valence-electron chi connectivity index (χ1n) is 6.55. The van der Waals surface area contributed by atoms with Crippen LogP contribution in [0.4, 0.5) is 5.69 Å². The summed E-state index contributed by atoms with van der Waals surface area (Å²) in [4.78, 5) is 11.6. The predicted octanol–water partition coefficient (Wildman–Crippen LogP) is 4.37. The SMILES string of the molecule is CNC(Cc1ccc([N+](=O)[O-])cc1)c1cc2sccc2s1. The second kappa shape index (κ2) is 5.93. The minimum absolute atomic E-state index is 0.136. The third kappa shape index (κ3) is 2.97. The Morgan fingerprint density at radius 2 is 2.00 bits per heavy atom. The number of hydrogen-bond donors (Lipinski definition) is 1. The summed E-state index contributed by atoms with van der Waals surface area (Å²) in [5.74, 6) is 0. The van der Waals surface area contributed by atoms with Crippen LogP contribution in [0.1, 0.15) is 16.5 Å². The monoisotopic (exact) mass is 318 g/mol. The molecule has 6 heteroatoms. The molecule has 0 saturated heterocycles. The van der Waals surface area contributed by atoms with E-state index in [2.05, 4.69) is 22.8 Å². The Morgan fingerprint density at radius 3 is 2.62 bits per heavy atom. The second-order valence-electron chi connectivity index (χ2n) is 4.77. The molecule has 0 aliphatic rings. The van der Waals surface area contributed by atoms with Crippen molar-refractivity contribution in [3.05, 3.63) is 62.3 Å². The molecule has 3 aromatic rings. The Morgan fingerprint density at radius 1 is 1.24 bits per heavy atom. The Hall–Kier alpha value is -1.76. The van der Waals surface area contributed by atoms with Gasteiger partial charge in [-0.1, -0.05) is 12.1 Å². The molecule has 0 radical (unpaired) electrons. The summed E-state index contributed by atoms with van der Waals surface area (Å²) >= 11 is 3.56. The molecule has 21 heavy (non-hydrogen) atoms. The number of likely N-dealkylation sites (N-methyl/N-ethyl adjacent to an activating group) is 1. The molecule has 4 nitrogen and oxygen atoms in total. The van der Waals surface area contributed by atoms with E-state index in [9.17, 15) is 10.1 Å². The van der Waals surface area contributed by atoms with Gasteiger partial charge in [-0.05, 0) is 36.5 Å². The van der Waals surface area contributed by atoms with Crippen LogP contribution in [0.5, 0.6) is 0 Å². The van der Waals surface area contributed by atoms with Gasteiger partial charge in [0.2, 0.25) is 0 Å². The molecule has 0 aliphatic heterocycles. The molecule has 1 aromatic carbocycles. The Labute approximate surface area is 130 Å². The van der Waals surface area contributed by atoms with Gasteiger partial charge in [0.05, 0.1) is 4.92 Å². The molecular formula is C15H14N2O2S2. The van der Waals surface area contributed by atoms with Crippen LogP contribution >= 0.6 is 22.7 Å². The highest BCUT2D eigenvalue weighted by Crippen LogP contribution is 2.34. The van der Waals surface area contributed by atoms with Gasteiger partial charge in [-0.15, -0.1) is 22.7 Å². The second-order valence-corrected chi connectivity index (χ2v) is 6.83. The number of rotatable bonds is 5. The van der Waals surface area contributed by atoms with Gasteiger partial charge in [0.1, 0.15) is 0 Å². The van der Waals surface area contributed by atoms with Gasteiger partial charge in [-0.2, -0.15) is 0 Å². The number of hydrogen-bond acceptors (Lipinski definition) is 5. The number of thiophene rings is 2. The van der Waals surface area contributed by atoms with Crippen molar-refractivity contribution < 1.29 is 4.92 Å². The van der Waals surface area contributed by atoms with Gasteiger partial charge in [-0.25, -0.2) is 0 Å². The number of nitrogens with zero attached hydrogens (tertiary/aromatic N) is 1. The summed E-state index contributed by atoms with van der Waals surface area (Å²) in [5, 5.41) is 16.1. The molecule has 0 saturated carbocycles. The molecule has 2 aromatic heterocycles. The minimum Gasteiger partial charge on any atom is -0.312 e. The lowest BCUT2D eigenvalue weighted by Gasteiger charge is -2.14. The van der Waals surface area contributed by atoms with Crippen molar-refractivity contribution in [3.63, 3.8) is 0 Å². The summed E-state index contributed by atoms with van der Waals surface area (Å²) in [6.07, 6.45) is 0.822. The Kier molecular flexibility index (Phi) is 4.01. The molecule has 108 valence electrons. The summed E-state index contributed by atoms with van der Waals surface area (Å²) in [7, 11) is 1.95. The maximum absolute atomic E-state index is 10.7. The fourth-order valence-electron chi connectivity index (χ4n) is 2.29. The summed E-state index contributed by atoms with van der Waals surface area (Å²) in [6, 6.07) is 11.4. The highest BCUT2D eigenvalue weighted by atomic mass is 32.1. The molecule has 0 bridgehead atoms. The van der Waals surface area contributed by atoms with Gasteiger partial charge in [-0.3, -0.25) is 10.1 Å². The topological polar surface area (TPSA) is 55.2 Å². The van der Waals surface area contributed by atoms with Crippen molar-refractivity contribution in [2.75, 3.05) is 7.05 Å². The highest BCUT2D eigenvalue weighted by molar-refractivity contribution is 7.26. The lowest BCUT2D eigenvalue weighted by atomic mass is 10.0. The maximum Gasteiger partial charge on any atom is 0.269 e. The van der Waals surface area contributed by atoms with E-state index in [4.69, 9.17) is 0 Å². The molecule has 0 aliphatic carbocycles. The lowest BCUT2D eigenvalue weighted by molar-refractivity contribution is -0.384. The van der Waals surface area contributed by atoms with Crippen molar-refractivity contribution in [3.8, 4) is 0 Å². The van der Waals surface area contributed by atoms with E-state index in [1.165, 1.54) is 14.3 Å². The van der Waals surface area contributed by atoms with E-state index in [-0.39, 0.29) is 16.7 Å². The molecule has 0 amide bonds. The first-order chi connectivity index (χ1) is 10.2. The van der Waals surface area contributed by atoms with Gasteiger partial charge in [0, 0.05) is 32.5 Å². The Bertz CT molecular complexity index is 733. The zero-order chi connectivity index (χ0) is 14.8. The first kappa shape index (κ1) is 14.2. The van der Waals surface area contributed by atoms with Crippen molar-refractivity contribution >= 4 is 37.8 Å². The Balaban J connectivity index is 1.80. The standard InChI is InChI=1S/C15H14N2O2S2/c1-16-12(14-9-15-13(21-14)6-7-20-15)8-10-2-4-11(5-3-10)17(18)19/h2-7,9,12,16H,8H2,1H3. The highest BCUT2D eigenvalue weighted by Gasteiger charge is 2.14. The predicted molar refractivity (Wildman–Crippen MR) is 88.3 cm³/mol. The van der Waals surface area contributed by atoms with Crippen LogP contribution in [0.2, 0.25) is 0 Å². The van der Waals surface area contributed by atoms with Crippen LogP contribution in [0, 0.1) is 10.1 Å². The number of fused-ring (bicyclic) bond motifs is 1. The average molecular weight is 318 g/mol. The molecule has 1 N–H and O–H groups in total. The molecule has 1 atom stereocenters. The lowest BCUT2D eigenvalue weighted by Crippen LogP contribution is -2.17. The van der Waals surface area contributed by atoms with Crippen molar-refractivity contribution in [2.24, 2.45) is 0 Å². The van der Waals surface area contributed by atoms with Crippen LogP contribution < -0.4 is 5.32 Å². The van der Waals surface area contributed by atoms with Gasteiger partial charge in [0.15, 0.2) is 0 Å².